The number of benzene rings is 1. The van der Waals surface area contributed by atoms with Crippen molar-refractivity contribution in [3.05, 3.63) is 58.9 Å². The lowest BCUT2D eigenvalue weighted by molar-refractivity contribution is 0.0924. The average molecular weight is 340 g/mol. The van der Waals surface area contributed by atoms with Crippen LogP contribution in [0.15, 0.2) is 36.5 Å². The van der Waals surface area contributed by atoms with Crippen LogP contribution >= 0.6 is 0 Å². The molecule has 1 aliphatic heterocycles. The summed E-state index contributed by atoms with van der Waals surface area (Å²) >= 11 is 0. The number of nitrogens with two attached hydrogens (primary N) is 1. The van der Waals surface area contributed by atoms with E-state index in [1.807, 2.05) is 0 Å². The van der Waals surface area contributed by atoms with Gasteiger partial charge in [0.1, 0.15) is 5.69 Å². The zero-order chi connectivity index (χ0) is 18.0. The van der Waals surface area contributed by atoms with E-state index in [0.29, 0.717) is 17.8 Å². The first kappa shape index (κ1) is 17.2. The second-order valence-corrected chi connectivity index (χ2v) is 6.64. The Labute approximate surface area is 147 Å². The molecule has 2 aromatic rings. The van der Waals surface area contributed by atoms with Gasteiger partial charge in [-0.25, -0.2) is 0 Å². The summed E-state index contributed by atoms with van der Waals surface area (Å²) in [4.78, 5) is 26.0. The molecular weight excluding hydrogens is 316 g/mol. The van der Waals surface area contributed by atoms with Crippen LogP contribution in [0.4, 0.5) is 0 Å². The molecule has 132 valence electrons. The van der Waals surface area contributed by atoms with Gasteiger partial charge in [0.15, 0.2) is 0 Å². The molecule has 6 heteroatoms. The lowest BCUT2D eigenvalue weighted by atomic mass is 9.99. The highest BCUT2D eigenvalue weighted by Crippen LogP contribution is 2.20. The molecule has 0 saturated carbocycles. The van der Waals surface area contributed by atoms with Crippen molar-refractivity contribution in [2.45, 2.75) is 25.9 Å². The van der Waals surface area contributed by atoms with E-state index in [0.717, 1.165) is 19.5 Å². The number of fused-ring (bicyclic) bond motifs is 1. The zero-order valence-corrected chi connectivity index (χ0v) is 14.7. The Morgan fingerprint density at radius 3 is 2.68 bits per heavy atom. The summed E-state index contributed by atoms with van der Waals surface area (Å²) in [6.07, 6.45) is 2.61. The van der Waals surface area contributed by atoms with Crippen molar-refractivity contribution in [2.24, 2.45) is 12.8 Å². The summed E-state index contributed by atoms with van der Waals surface area (Å²) in [6, 6.07) is 10.3. The fourth-order valence-corrected chi connectivity index (χ4v) is 3.28. The van der Waals surface area contributed by atoms with Crippen LogP contribution in [0.3, 0.4) is 0 Å². The first-order chi connectivity index (χ1) is 12.0. The molecule has 0 fully saturated rings. The minimum Gasteiger partial charge on any atom is -0.366 e. The Morgan fingerprint density at radius 2 is 2.00 bits per heavy atom. The van der Waals surface area contributed by atoms with E-state index in [4.69, 9.17) is 5.73 Å². The van der Waals surface area contributed by atoms with Gasteiger partial charge in [0.2, 0.25) is 5.91 Å². The monoisotopic (exact) mass is 340 g/mol. The normalized spacial score (nSPS) is 15.4. The number of aryl methyl sites for hydroxylation is 1. The smallest absolute Gasteiger partial charge is 0.267 e. The van der Waals surface area contributed by atoms with E-state index in [2.05, 4.69) is 41.4 Å². The van der Waals surface area contributed by atoms with Gasteiger partial charge in [-0.05, 0) is 30.5 Å². The number of carbonyl (C=O) groups is 2. The molecule has 0 spiro atoms. The van der Waals surface area contributed by atoms with E-state index >= 15 is 0 Å². The minimum absolute atomic E-state index is 0.195. The number of amides is 2. The third kappa shape index (κ3) is 3.74. The van der Waals surface area contributed by atoms with Crippen LogP contribution in [-0.4, -0.2) is 40.4 Å². The molecule has 3 rings (SSSR count). The van der Waals surface area contributed by atoms with Gasteiger partial charge >= 0.3 is 0 Å². The average Bonchev–Trinajstić information content (AvgIpc) is 3.01. The maximum atomic E-state index is 12.4. The van der Waals surface area contributed by atoms with Crippen molar-refractivity contribution in [1.29, 1.82) is 0 Å². The summed E-state index contributed by atoms with van der Waals surface area (Å²) < 4.78 is 1.62. The lowest BCUT2D eigenvalue weighted by Gasteiger charge is -2.33. The molecule has 1 aromatic heterocycles. The maximum Gasteiger partial charge on any atom is 0.267 e. The van der Waals surface area contributed by atoms with Gasteiger partial charge < -0.3 is 15.6 Å². The number of rotatable bonds is 5. The highest BCUT2D eigenvalue weighted by atomic mass is 16.2. The summed E-state index contributed by atoms with van der Waals surface area (Å²) in [6.45, 7) is 4.57. The molecule has 0 aliphatic carbocycles. The van der Waals surface area contributed by atoms with Crippen LogP contribution in [0.25, 0.3) is 0 Å². The molecule has 25 heavy (non-hydrogen) atoms. The Kier molecular flexibility index (Phi) is 4.90. The van der Waals surface area contributed by atoms with Crippen molar-refractivity contribution in [3.63, 3.8) is 0 Å². The second kappa shape index (κ2) is 7.11. The van der Waals surface area contributed by atoms with E-state index in [1.54, 1.807) is 17.8 Å². The van der Waals surface area contributed by atoms with Crippen LogP contribution in [0.1, 0.15) is 38.9 Å². The van der Waals surface area contributed by atoms with E-state index in [-0.39, 0.29) is 11.9 Å². The van der Waals surface area contributed by atoms with Crippen molar-refractivity contribution < 1.29 is 9.59 Å². The third-order valence-corrected chi connectivity index (χ3v) is 4.86. The molecule has 1 aromatic carbocycles. The predicted octanol–water partition coefficient (Wildman–Crippen LogP) is 1.30. The largest absolute Gasteiger partial charge is 0.366 e. The Balaban J connectivity index is 1.58. The molecule has 3 N–H and O–H groups in total. The van der Waals surface area contributed by atoms with Crippen LogP contribution < -0.4 is 11.1 Å². The number of primary amides is 1. The first-order valence-corrected chi connectivity index (χ1v) is 8.51. The Hall–Kier alpha value is -2.60. The minimum atomic E-state index is -0.532. The summed E-state index contributed by atoms with van der Waals surface area (Å²) in [7, 11) is 1.73. The van der Waals surface area contributed by atoms with Crippen molar-refractivity contribution >= 4 is 11.8 Å². The summed E-state index contributed by atoms with van der Waals surface area (Å²) in [5.41, 5.74) is 8.82. The lowest BCUT2D eigenvalue weighted by Crippen LogP contribution is -2.44. The maximum absolute atomic E-state index is 12.4. The van der Waals surface area contributed by atoms with Gasteiger partial charge in [0.25, 0.3) is 5.91 Å². The highest BCUT2D eigenvalue weighted by molar-refractivity contribution is 5.98. The third-order valence-electron chi connectivity index (χ3n) is 4.86. The second-order valence-electron chi connectivity index (χ2n) is 6.64. The standard InChI is InChI=1S/C19H24N4O2/c1-13(23-8-7-14-5-3-4-6-15(14)12-23)10-21-19(25)17-9-16(18(20)24)11-22(17)2/h3-6,9,11,13H,7-8,10,12H2,1-2H3,(H2,20,24)(H,21,25). The van der Waals surface area contributed by atoms with Crippen LogP contribution in [0.5, 0.6) is 0 Å². The molecule has 0 saturated heterocycles. The Bertz CT molecular complexity index is 796. The van der Waals surface area contributed by atoms with Gasteiger partial charge in [0, 0.05) is 38.9 Å². The van der Waals surface area contributed by atoms with E-state index in [9.17, 15) is 9.59 Å². The van der Waals surface area contributed by atoms with Crippen molar-refractivity contribution in [2.75, 3.05) is 13.1 Å². The molecule has 2 heterocycles. The highest BCUT2D eigenvalue weighted by Gasteiger charge is 2.21. The molecule has 6 nitrogen and oxygen atoms in total. The van der Waals surface area contributed by atoms with Gasteiger partial charge in [-0.15, -0.1) is 0 Å². The number of hydrogen-bond acceptors (Lipinski definition) is 3. The van der Waals surface area contributed by atoms with Gasteiger partial charge in [-0.1, -0.05) is 24.3 Å². The fraction of sp³-hybridized carbons (Fsp3) is 0.368. The van der Waals surface area contributed by atoms with Crippen LogP contribution in [0.2, 0.25) is 0 Å². The topological polar surface area (TPSA) is 80.4 Å². The number of nitrogens with one attached hydrogen (secondary N) is 1. The van der Waals surface area contributed by atoms with E-state index < -0.39 is 5.91 Å². The van der Waals surface area contributed by atoms with Gasteiger partial charge in [-0.3, -0.25) is 14.5 Å². The molecule has 1 aliphatic rings. The number of hydrogen-bond donors (Lipinski definition) is 2. The van der Waals surface area contributed by atoms with Crippen LogP contribution in [-0.2, 0) is 20.0 Å². The molecule has 2 amide bonds. The zero-order valence-electron chi connectivity index (χ0n) is 14.7. The molecule has 0 radical (unpaired) electrons. The van der Waals surface area contributed by atoms with Crippen LogP contribution in [0, 0.1) is 0 Å². The van der Waals surface area contributed by atoms with E-state index in [1.165, 1.54) is 17.2 Å². The number of nitrogens with zero attached hydrogens (tertiary/aromatic N) is 2. The number of aromatic nitrogens is 1. The Morgan fingerprint density at radius 1 is 1.28 bits per heavy atom. The fourth-order valence-electron chi connectivity index (χ4n) is 3.28. The van der Waals surface area contributed by atoms with Gasteiger partial charge in [0.05, 0.1) is 5.56 Å². The molecule has 1 unspecified atom stereocenters. The van der Waals surface area contributed by atoms with Crippen molar-refractivity contribution in [3.8, 4) is 0 Å². The summed E-state index contributed by atoms with van der Waals surface area (Å²) in [5, 5.41) is 2.96. The molecule has 1 atom stereocenters. The SMILES string of the molecule is CC(CNC(=O)c1cc(C(N)=O)cn1C)N1CCc2ccccc2C1. The molecular formula is C19H24N4O2. The predicted molar refractivity (Wildman–Crippen MR) is 96.3 cm³/mol. The quantitative estimate of drug-likeness (QED) is 0.861. The first-order valence-electron chi connectivity index (χ1n) is 8.51. The van der Waals surface area contributed by atoms with Crippen molar-refractivity contribution in [1.82, 2.24) is 14.8 Å². The summed E-state index contributed by atoms with van der Waals surface area (Å²) in [5.74, 6) is -0.728. The van der Waals surface area contributed by atoms with Gasteiger partial charge in [-0.2, -0.15) is 0 Å². The molecule has 0 bridgehead atoms. The number of carbonyl (C=O) groups excluding carboxylic acids is 2.